The Bertz CT molecular complexity index is 783. The summed E-state index contributed by atoms with van der Waals surface area (Å²) < 4.78 is 51.7. The molecule has 0 saturated heterocycles. The fourth-order valence-corrected chi connectivity index (χ4v) is 1.07. The molecular weight excluding hydrogens is 390 g/mol. The molecule has 1 amide bonds. The minimum absolute atomic E-state index is 0.478. The van der Waals surface area contributed by atoms with E-state index in [9.17, 15) is 41.9 Å². The van der Waals surface area contributed by atoms with Crippen LogP contribution < -0.4 is 5.73 Å². The van der Waals surface area contributed by atoms with Crippen LogP contribution in [0.5, 0.6) is 0 Å². The summed E-state index contributed by atoms with van der Waals surface area (Å²) in [6.07, 6.45) is 1.43. The molecule has 0 atom stereocenters. The van der Waals surface area contributed by atoms with Crippen LogP contribution >= 0.6 is 0 Å². The summed E-state index contributed by atoms with van der Waals surface area (Å²) in [5, 5.41) is 21.0. The van der Waals surface area contributed by atoms with Crippen molar-refractivity contribution < 1.29 is 40.6 Å². The number of nitro groups is 2. The van der Waals surface area contributed by atoms with Gasteiger partial charge in [0.25, 0.3) is 26.1 Å². The van der Waals surface area contributed by atoms with Crippen molar-refractivity contribution in [3.05, 3.63) is 44.0 Å². The molecule has 0 aliphatic carbocycles. The van der Waals surface area contributed by atoms with Crippen LogP contribution in [0.15, 0.2) is 18.2 Å². The number of hydrogen-bond donors (Lipinski definition) is 3. The Labute approximate surface area is 141 Å². The lowest BCUT2D eigenvalue weighted by atomic mass is 10.1. The normalized spacial score (nSPS) is 10.4. The van der Waals surface area contributed by atoms with Crippen LogP contribution in [0.25, 0.3) is 0 Å². The third-order valence-corrected chi connectivity index (χ3v) is 1.66. The lowest BCUT2D eigenvalue weighted by molar-refractivity contribution is -0.422. The van der Waals surface area contributed by atoms with Crippen molar-refractivity contribution in [3.63, 3.8) is 0 Å². The highest BCUT2D eigenvalue weighted by atomic mass is 32.2. The quantitative estimate of drug-likeness (QED) is 0.333. The van der Waals surface area contributed by atoms with Crippen molar-refractivity contribution in [1.82, 2.24) is 0 Å². The number of rotatable bonds is 3. The van der Waals surface area contributed by atoms with Crippen molar-refractivity contribution in [3.8, 4) is 0 Å². The summed E-state index contributed by atoms with van der Waals surface area (Å²) in [7, 11) is -7.33. The summed E-state index contributed by atoms with van der Waals surface area (Å²) in [4.78, 5) is 29.8. The van der Waals surface area contributed by atoms with Gasteiger partial charge in [-0.05, 0) is 6.07 Å². The zero-order valence-electron chi connectivity index (χ0n) is 12.6. The molecule has 25 heavy (non-hydrogen) atoms. The van der Waals surface area contributed by atoms with Crippen molar-refractivity contribution in [2.75, 3.05) is 12.5 Å². The lowest BCUT2D eigenvalue weighted by Crippen LogP contribution is -2.14. The van der Waals surface area contributed by atoms with Gasteiger partial charge in [0.1, 0.15) is 5.56 Å². The van der Waals surface area contributed by atoms with Crippen LogP contribution in [0.1, 0.15) is 10.4 Å². The van der Waals surface area contributed by atoms with Gasteiger partial charge in [0.2, 0.25) is 0 Å². The SMILES string of the molecule is CS(=O)(=O)O.CS(=O)(=O)O.NC(=O)c1cccc([N+](=O)[O-])c1[N+](=O)[O-]. The third kappa shape index (κ3) is 14.6. The monoisotopic (exact) mass is 403 g/mol. The van der Waals surface area contributed by atoms with Gasteiger partial charge in [0, 0.05) is 6.07 Å². The van der Waals surface area contributed by atoms with Crippen molar-refractivity contribution in [2.24, 2.45) is 5.73 Å². The lowest BCUT2D eigenvalue weighted by Gasteiger charge is -1.98. The molecule has 0 radical (unpaired) electrons. The van der Waals surface area contributed by atoms with Crippen molar-refractivity contribution >= 4 is 37.5 Å². The number of amides is 1. The minimum atomic E-state index is -3.67. The first-order chi connectivity index (χ1) is 10.9. The van der Waals surface area contributed by atoms with E-state index in [0.717, 1.165) is 18.2 Å². The van der Waals surface area contributed by atoms with Gasteiger partial charge < -0.3 is 5.73 Å². The molecule has 1 aromatic carbocycles. The van der Waals surface area contributed by atoms with Gasteiger partial charge in [0.15, 0.2) is 0 Å². The number of carbonyl (C=O) groups is 1. The summed E-state index contributed by atoms with van der Waals surface area (Å²) in [5.41, 5.74) is 2.74. The molecule has 0 heterocycles. The molecule has 0 saturated carbocycles. The molecule has 14 nitrogen and oxygen atoms in total. The average Bonchev–Trinajstić information content (AvgIpc) is 2.33. The molecule has 142 valence electrons. The van der Waals surface area contributed by atoms with E-state index in [4.69, 9.17) is 14.8 Å². The Hall–Kier alpha value is -2.69. The van der Waals surface area contributed by atoms with E-state index in [1.807, 2.05) is 0 Å². The van der Waals surface area contributed by atoms with E-state index in [-0.39, 0.29) is 0 Å². The average molecular weight is 403 g/mol. The van der Waals surface area contributed by atoms with E-state index < -0.39 is 52.9 Å². The molecule has 16 heteroatoms. The Morgan fingerprint density at radius 3 is 1.60 bits per heavy atom. The Morgan fingerprint density at radius 2 is 1.36 bits per heavy atom. The molecule has 0 unspecified atom stereocenters. The van der Waals surface area contributed by atoms with Gasteiger partial charge in [-0.25, -0.2) is 0 Å². The summed E-state index contributed by atoms with van der Waals surface area (Å²) >= 11 is 0. The van der Waals surface area contributed by atoms with Gasteiger partial charge in [-0.1, -0.05) is 6.07 Å². The molecule has 1 aromatic rings. The van der Waals surface area contributed by atoms with E-state index in [0.29, 0.717) is 12.5 Å². The maximum atomic E-state index is 10.8. The number of nitrogens with two attached hydrogens (primary N) is 1. The topological polar surface area (TPSA) is 238 Å². The van der Waals surface area contributed by atoms with Gasteiger partial charge in [-0.2, -0.15) is 16.8 Å². The Kier molecular flexibility index (Phi) is 9.40. The fourth-order valence-electron chi connectivity index (χ4n) is 1.07. The predicted molar refractivity (Wildman–Crippen MR) is 83.2 cm³/mol. The summed E-state index contributed by atoms with van der Waals surface area (Å²) in [5.74, 6) is -1.08. The van der Waals surface area contributed by atoms with E-state index in [1.54, 1.807) is 0 Å². The van der Waals surface area contributed by atoms with E-state index >= 15 is 0 Å². The highest BCUT2D eigenvalue weighted by Crippen LogP contribution is 2.29. The van der Waals surface area contributed by atoms with Gasteiger partial charge >= 0.3 is 11.4 Å². The smallest absolute Gasteiger partial charge is 0.358 e. The highest BCUT2D eigenvalue weighted by molar-refractivity contribution is 7.85. The predicted octanol–water partition coefficient (Wildman–Crippen LogP) is -0.390. The largest absolute Gasteiger partial charge is 0.365 e. The first kappa shape index (κ1) is 24.6. The zero-order valence-corrected chi connectivity index (χ0v) is 14.2. The van der Waals surface area contributed by atoms with Crippen LogP contribution in [0.3, 0.4) is 0 Å². The second-order valence-corrected chi connectivity index (χ2v) is 6.95. The highest BCUT2D eigenvalue weighted by Gasteiger charge is 2.30. The first-order valence-corrected chi connectivity index (χ1v) is 9.21. The number of primary amides is 1. The Morgan fingerprint density at radius 1 is 1.00 bits per heavy atom. The van der Waals surface area contributed by atoms with Gasteiger partial charge in [-0.3, -0.25) is 34.1 Å². The number of benzene rings is 1. The molecule has 0 fully saturated rings. The number of nitrogens with zero attached hydrogens (tertiary/aromatic N) is 2. The maximum absolute atomic E-state index is 10.8. The van der Waals surface area contributed by atoms with Gasteiger partial charge in [0.05, 0.1) is 22.4 Å². The van der Waals surface area contributed by atoms with E-state index in [1.165, 1.54) is 0 Å². The number of para-hydroxylation sites is 1. The standard InChI is InChI=1S/C7H5N3O5.2CH4O3S/c8-7(11)4-2-1-3-5(9(12)13)6(4)10(14)15;2*1-5(2,3)4/h1-3H,(H2,8,11);2*1H3,(H,2,3,4). The number of hydrogen-bond acceptors (Lipinski definition) is 9. The molecule has 0 aliphatic heterocycles. The van der Waals surface area contributed by atoms with Crippen LogP contribution in [0.4, 0.5) is 11.4 Å². The maximum Gasteiger partial charge on any atom is 0.358 e. The molecule has 0 bridgehead atoms. The van der Waals surface area contributed by atoms with Crippen LogP contribution in [-0.4, -0.2) is 54.2 Å². The molecular formula is C9H13N3O11S2. The minimum Gasteiger partial charge on any atom is -0.365 e. The molecule has 4 N–H and O–H groups in total. The van der Waals surface area contributed by atoms with Crippen molar-refractivity contribution in [1.29, 1.82) is 0 Å². The van der Waals surface area contributed by atoms with Crippen LogP contribution in [0, 0.1) is 20.2 Å². The molecule has 0 aromatic heterocycles. The summed E-state index contributed by atoms with van der Waals surface area (Å²) in [6.45, 7) is 0. The second-order valence-electron chi connectivity index (χ2n) is 4.02. The second kappa shape index (κ2) is 9.57. The van der Waals surface area contributed by atoms with Crippen molar-refractivity contribution in [2.45, 2.75) is 0 Å². The fraction of sp³-hybridized carbons (Fsp3) is 0.222. The van der Waals surface area contributed by atoms with Crippen LogP contribution in [-0.2, 0) is 20.2 Å². The number of carbonyl (C=O) groups excluding carboxylic acids is 1. The Balaban J connectivity index is 0. The third-order valence-electron chi connectivity index (χ3n) is 1.66. The molecule has 0 spiro atoms. The molecule has 1 rings (SSSR count). The van der Waals surface area contributed by atoms with E-state index in [2.05, 4.69) is 0 Å². The van der Waals surface area contributed by atoms with Gasteiger partial charge in [-0.15, -0.1) is 0 Å². The zero-order chi connectivity index (χ0) is 20.6. The summed E-state index contributed by atoms with van der Waals surface area (Å²) in [6, 6.07) is 3.16. The van der Waals surface area contributed by atoms with Crippen LogP contribution in [0.2, 0.25) is 0 Å². The number of nitro benzene ring substituents is 2. The first-order valence-electron chi connectivity index (χ1n) is 5.51. The molecule has 0 aliphatic rings.